The number of hydrogen-bond donors (Lipinski definition) is 1. The lowest BCUT2D eigenvalue weighted by atomic mass is 10.1. The third-order valence-electron chi connectivity index (χ3n) is 3.90. The van der Waals surface area contributed by atoms with Crippen LogP contribution >= 0.6 is 11.6 Å². The van der Waals surface area contributed by atoms with Gasteiger partial charge in [-0.25, -0.2) is 0 Å². The maximum Gasteiger partial charge on any atom is 0.0865 e. The van der Waals surface area contributed by atoms with Crippen LogP contribution in [0.25, 0.3) is 10.9 Å². The summed E-state index contributed by atoms with van der Waals surface area (Å²) < 4.78 is 4.17. The van der Waals surface area contributed by atoms with E-state index in [0.29, 0.717) is 13.1 Å². The molecule has 0 saturated carbocycles. The van der Waals surface area contributed by atoms with Gasteiger partial charge in [-0.3, -0.25) is 4.68 Å². The molecule has 0 aliphatic carbocycles. The van der Waals surface area contributed by atoms with Crippen LogP contribution in [0.2, 0.25) is 5.02 Å². The minimum Gasteiger partial charge on any atom is -0.341 e. The average molecular weight is 303 g/mol. The summed E-state index contributed by atoms with van der Waals surface area (Å²) in [5.74, 6) is 0. The first-order valence-corrected chi connectivity index (χ1v) is 7.52. The Labute approximate surface area is 129 Å². The van der Waals surface area contributed by atoms with Gasteiger partial charge in [0.05, 0.1) is 23.0 Å². The zero-order valence-electron chi connectivity index (χ0n) is 12.3. The van der Waals surface area contributed by atoms with E-state index >= 15 is 0 Å². The van der Waals surface area contributed by atoms with Gasteiger partial charge < -0.3 is 10.3 Å². The molecule has 0 aliphatic heterocycles. The summed E-state index contributed by atoms with van der Waals surface area (Å²) >= 11 is 6.40. The van der Waals surface area contributed by atoms with Crippen molar-refractivity contribution in [1.29, 1.82) is 0 Å². The lowest BCUT2D eigenvalue weighted by Gasteiger charge is -2.09. The summed E-state index contributed by atoms with van der Waals surface area (Å²) in [4.78, 5) is 0. The van der Waals surface area contributed by atoms with Crippen LogP contribution in [0.15, 0.2) is 30.5 Å². The number of halogens is 1. The molecule has 2 N–H and O–H groups in total. The molecule has 1 aromatic carbocycles. The van der Waals surface area contributed by atoms with Crippen LogP contribution < -0.4 is 5.73 Å². The SMILES string of the molecule is CCn1nc(C)c(Cl)c1Cn1ccc2c(CN)cccc21. The van der Waals surface area contributed by atoms with Gasteiger partial charge in [0, 0.05) is 30.2 Å². The summed E-state index contributed by atoms with van der Waals surface area (Å²) in [6.07, 6.45) is 2.09. The quantitative estimate of drug-likeness (QED) is 0.803. The van der Waals surface area contributed by atoms with Crippen molar-refractivity contribution in [2.24, 2.45) is 5.73 Å². The number of hydrogen-bond acceptors (Lipinski definition) is 2. The van der Waals surface area contributed by atoms with Crippen molar-refractivity contribution in [1.82, 2.24) is 14.3 Å². The number of nitrogens with zero attached hydrogens (tertiary/aromatic N) is 3. The molecule has 0 fully saturated rings. The fourth-order valence-electron chi connectivity index (χ4n) is 2.78. The second kappa shape index (κ2) is 5.54. The van der Waals surface area contributed by atoms with Crippen LogP contribution in [0.3, 0.4) is 0 Å². The van der Waals surface area contributed by atoms with E-state index in [1.807, 2.05) is 17.7 Å². The van der Waals surface area contributed by atoms with Crippen molar-refractivity contribution in [2.45, 2.75) is 33.5 Å². The first kappa shape index (κ1) is 14.2. The molecular weight excluding hydrogens is 284 g/mol. The Morgan fingerprint density at radius 3 is 2.81 bits per heavy atom. The Morgan fingerprint density at radius 1 is 1.29 bits per heavy atom. The molecule has 0 saturated heterocycles. The Hall–Kier alpha value is -1.78. The van der Waals surface area contributed by atoms with E-state index in [1.165, 1.54) is 10.9 Å². The molecule has 0 amide bonds. The van der Waals surface area contributed by atoms with Gasteiger partial charge in [0.1, 0.15) is 0 Å². The molecule has 0 spiro atoms. The monoisotopic (exact) mass is 302 g/mol. The maximum atomic E-state index is 6.40. The molecule has 5 heteroatoms. The average Bonchev–Trinajstić information content (AvgIpc) is 3.03. The van der Waals surface area contributed by atoms with Crippen molar-refractivity contribution in [2.75, 3.05) is 0 Å². The molecule has 3 aromatic rings. The normalized spacial score (nSPS) is 11.4. The van der Waals surface area contributed by atoms with Crippen molar-refractivity contribution in [3.63, 3.8) is 0 Å². The van der Waals surface area contributed by atoms with E-state index in [1.54, 1.807) is 0 Å². The summed E-state index contributed by atoms with van der Waals surface area (Å²) in [5, 5.41) is 6.44. The summed E-state index contributed by atoms with van der Waals surface area (Å²) in [5.41, 5.74) is 10.1. The summed E-state index contributed by atoms with van der Waals surface area (Å²) in [6.45, 7) is 6.10. The zero-order valence-corrected chi connectivity index (χ0v) is 13.1. The van der Waals surface area contributed by atoms with Crippen molar-refractivity contribution >= 4 is 22.5 Å². The van der Waals surface area contributed by atoms with Gasteiger partial charge in [-0.15, -0.1) is 0 Å². The van der Waals surface area contributed by atoms with Crippen LogP contribution in [0, 0.1) is 6.92 Å². The zero-order chi connectivity index (χ0) is 15.0. The maximum absolute atomic E-state index is 6.40. The first-order chi connectivity index (χ1) is 10.2. The van der Waals surface area contributed by atoms with Gasteiger partial charge in [-0.2, -0.15) is 5.10 Å². The van der Waals surface area contributed by atoms with E-state index in [0.717, 1.165) is 28.5 Å². The smallest absolute Gasteiger partial charge is 0.0865 e. The highest BCUT2D eigenvalue weighted by atomic mass is 35.5. The van der Waals surface area contributed by atoms with E-state index in [-0.39, 0.29) is 0 Å². The van der Waals surface area contributed by atoms with Gasteiger partial charge in [0.25, 0.3) is 0 Å². The number of aryl methyl sites for hydroxylation is 2. The van der Waals surface area contributed by atoms with Crippen LogP contribution in [0.4, 0.5) is 0 Å². The predicted molar refractivity (Wildman–Crippen MR) is 86.6 cm³/mol. The second-order valence-corrected chi connectivity index (χ2v) is 5.54. The Bertz CT molecular complexity index is 785. The summed E-state index contributed by atoms with van der Waals surface area (Å²) in [7, 11) is 0. The number of benzene rings is 1. The Morgan fingerprint density at radius 2 is 2.10 bits per heavy atom. The number of fused-ring (bicyclic) bond motifs is 1. The van der Waals surface area contributed by atoms with Crippen LogP contribution in [0.1, 0.15) is 23.9 Å². The lowest BCUT2D eigenvalue weighted by molar-refractivity contribution is 0.602. The van der Waals surface area contributed by atoms with E-state index in [9.17, 15) is 0 Å². The minimum absolute atomic E-state index is 0.550. The molecule has 21 heavy (non-hydrogen) atoms. The molecule has 110 valence electrons. The van der Waals surface area contributed by atoms with E-state index < -0.39 is 0 Å². The number of nitrogens with two attached hydrogens (primary N) is 1. The first-order valence-electron chi connectivity index (χ1n) is 7.14. The molecular formula is C16H19ClN4. The molecule has 0 unspecified atom stereocenters. The van der Waals surface area contributed by atoms with Gasteiger partial charge in [-0.05, 0) is 31.5 Å². The van der Waals surface area contributed by atoms with Crippen LogP contribution in [-0.4, -0.2) is 14.3 Å². The Kier molecular flexibility index (Phi) is 3.74. The number of rotatable bonds is 4. The minimum atomic E-state index is 0.550. The highest BCUT2D eigenvalue weighted by molar-refractivity contribution is 6.31. The highest BCUT2D eigenvalue weighted by Crippen LogP contribution is 2.25. The Balaban J connectivity index is 2.07. The molecule has 0 aliphatic rings. The highest BCUT2D eigenvalue weighted by Gasteiger charge is 2.14. The van der Waals surface area contributed by atoms with Crippen molar-refractivity contribution < 1.29 is 0 Å². The molecule has 3 rings (SSSR count). The molecule has 2 heterocycles. The van der Waals surface area contributed by atoms with E-state index in [2.05, 4.69) is 41.0 Å². The molecule has 2 aromatic heterocycles. The van der Waals surface area contributed by atoms with Gasteiger partial charge in [0.15, 0.2) is 0 Å². The third-order valence-corrected chi connectivity index (χ3v) is 4.39. The third kappa shape index (κ3) is 2.34. The fourth-order valence-corrected chi connectivity index (χ4v) is 2.98. The topological polar surface area (TPSA) is 48.8 Å². The molecule has 0 bridgehead atoms. The fraction of sp³-hybridized carbons (Fsp3) is 0.312. The van der Waals surface area contributed by atoms with Crippen LogP contribution in [0.5, 0.6) is 0 Å². The molecule has 0 atom stereocenters. The van der Waals surface area contributed by atoms with E-state index in [4.69, 9.17) is 17.3 Å². The van der Waals surface area contributed by atoms with Crippen LogP contribution in [-0.2, 0) is 19.6 Å². The van der Waals surface area contributed by atoms with Gasteiger partial charge >= 0.3 is 0 Å². The van der Waals surface area contributed by atoms with Gasteiger partial charge in [-0.1, -0.05) is 23.7 Å². The van der Waals surface area contributed by atoms with Crippen molar-refractivity contribution in [3.8, 4) is 0 Å². The molecule has 4 nitrogen and oxygen atoms in total. The standard InChI is InChI=1S/C16H19ClN4/c1-3-21-15(16(17)11(2)19-21)10-20-8-7-13-12(9-18)5-4-6-14(13)20/h4-8H,3,9-10,18H2,1-2H3. The summed E-state index contributed by atoms with van der Waals surface area (Å²) in [6, 6.07) is 8.35. The largest absolute Gasteiger partial charge is 0.341 e. The lowest BCUT2D eigenvalue weighted by Crippen LogP contribution is -2.07. The molecule has 0 radical (unpaired) electrons. The second-order valence-electron chi connectivity index (χ2n) is 5.16. The predicted octanol–water partition coefficient (Wildman–Crippen LogP) is 3.33. The number of aromatic nitrogens is 3. The van der Waals surface area contributed by atoms with Crippen molar-refractivity contribution in [3.05, 3.63) is 52.4 Å². The van der Waals surface area contributed by atoms with Gasteiger partial charge in [0.2, 0.25) is 0 Å².